The van der Waals surface area contributed by atoms with E-state index in [1.807, 2.05) is 20.8 Å². The van der Waals surface area contributed by atoms with Crippen molar-refractivity contribution in [3.63, 3.8) is 0 Å². The van der Waals surface area contributed by atoms with Crippen LogP contribution in [-0.2, 0) is 0 Å². The standard InChI is InChI=1S/C27H36FN5O5/c1-16(2)29-27(37)32(5)14-23-17(3)13-33(18(4)15-34)25(35)21-7-6-8-22(24(21)38-23)31-26(36)30-20-11-9-19(28)10-12-20/h6-12,16-18,23,34H,13-15H2,1-5H3,(H,29,37)(H2,30,31,36)/t17-,18+,23+/m0/s1. The summed E-state index contributed by atoms with van der Waals surface area (Å²) in [6.07, 6.45) is -0.540. The van der Waals surface area contributed by atoms with Crippen molar-refractivity contribution in [3.05, 3.63) is 53.8 Å². The Kier molecular flexibility index (Phi) is 9.51. The number of benzene rings is 2. The number of ether oxygens (including phenoxy) is 1. The van der Waals surface area contributed by atoms with Crippen molar-refractivity contribution < 1.29 is 28.6 Å². The highest BCUT2D eigenvalue weighted by Gasteiger charge is 2.35. The number of urea groups is 2. The molecule has 206 valence electrons. The summed E-state index contributed by atoms with van der Waals surface area (Å²) in [7, 11) is 1.66. The third-order valence-corrected chi connectivity index (χ3v) is 6.25. The monoisotopic (exact) mass is 529 g/mol. The number of likely N-dealkylation sites (N-methyl/N-ethyl adjacent to an activating group) is 1. The van der Waals surface area contributed by atoms with Crippen LogP contribution in [0.4, 0.5) is 25.4 Å². The summed E-state index contributed by atoms with van der Waals surface area (Å²) < 4.78 is 19.6. The molecule has 0 radical (unpaired) electrons. The first-order valence-electron chi connectivity index (χ1n) is 12.6. The Labute approximate surface area is 222 Å². The van der Waals surface area contributed by atoms with Crippen LogP contribution in [-0.4, -0.2) is 77.8 Å². The molecule has 2 aromatic carbocycles. The van der Waals surface area contributed by atoms with Gasteiger partial charge in [-0.2, -0.15) is 0 Å². The van der Waals surface area contributed by atoms with E-state index >= 15 is 0 Å². The third-order valence-electron chi connectivity index (χ3n) is 6.25. The van der Waals surface area contributed by atoms with Crippen LogP contribution in [0.1, 0.15) is 38.1 Å². The molecular weight excluding hydrogens is 493 g/mol. The molecule has 1 aliphatic heterocycles. The average molecular weight is 530 g/mol. The second-order valence-electron chi connectivity index (χ2n) is 9.88. The van der Waals surface area contributed by atoms with Crippen LogP contribution in [0.25, 0.3) is 0 Å². The molecular formula is C27H36FN5O5. The van der Waals surface area contributed by atoms with Crippen LogP contribution in [0.15, 0.2) is 42.5 Å². The van der Waals surface area contributed by atoms with Crippen molar-refractivity contribution in [2.24, 2.45) is 5.92 Å². The van der Waals surface area contributed by atoms with Crippen LogP contribution < -0.4 is 20.7 Å². The lowest BCUT2D eigenvalue weighted by Crippen LogP contribution is -2.51. The van der Waals surface area contributed by atoms with Crippen LogP contribution in [0, 0.1) is 11.7 Å². The molecule has 2 aromatic rings. The largest absolute Gasteiger partial charge is 0.485 e. The molecule has 0 aromatic heterocycles. The van der Waals surface area contributed by atoms with E-state index in [9.17, 15) is 23.9 Å². The van der Waals surface area contributed by atoms with Crippen LogP contribution in [0.5, 0.6) is 5.75 Å². The van der Waals surface area contributed by atoms with E-state index in [0.717, 1.165) is 0 Å². The molecule has 0 spiro atoms. The van der Waals surface area contributed by atoms with Crippen LogP contribution in [0.3, 0.4) is 0 Å². The summed E-state index contributed by atoms with van der Waals surface area (Å²) in [4.78, 5) is 42.0. The molecule has 3 atom stereocenters. The molecule has 0 aliphatic carbocycles. The number of halogens is 1. The minimum Gasteiger partial charge on any atom is -0.485 e. The van der Waals surface area contributed by atoms with Gasteiger partial charge in [0.05, 0.1) is 30.4 Å². The van der Waals surface area contributed by atoms with Gasteiger partial charge in [-0.05, 0) is 57.2 Å². The smallest absolute Gasteiger partial charge is 0.323 e. The Morgan fingerprint density at radius 2 is 1.84 bits per heavy atom. The quantitative estimate of drug-likeness (QED) is 0.435. The fraction of sp³-hybridized carbons (Fsp3) is 0.444. The zero-order valence-corrected chi connectivity index (χ0v) is 22.3. The van der Waals surface area contributed by atoms with E-state index in [-0.39, 0.29) is 54.1 Å². The highest BCUT2D eigenvalue weighted by atomic mass is 19.1. The molecule has 3 rings (SSSR count). The summed E-state index contributed by atoms with van der Waals surface area (Å²) in [5.74, 6) is -0.839. The number of hydrogen-bond donors (Lipinski definition) is 4. The number of para-hydroxylation sites is 1. The Hall–Kier alpha value is -3.86. The summed E-state index contributed by atoms with van der Waals surface area (Å²) in [5, 5.41) is 18.0. The maximum atomic E-state index is 13.6. The predicted octanol–water partition coefficient (Wildman–Crippen LogP) is 3.74. The SMILES string of the molecule is CC(C)NC(=O)N(C)C[C@H]1Oc2c(NC(=O)Nc3ccc(F)cc3)cccc2C(=O)N([C@H](C)CO)C[C@@H]1C. The first-order valence-corrected chi connectivity index (χ1v) is 12.6. The van der Waals surface area contributed by atoms with Crippen molar-refractivity contribution in [3.8, 4) is 5.75 Å². The number of nitrogens with one attached hydrogen (secondary N) is 3. The number of fused-ring (bicyclic) bond motifs is 1. The molecule has 0 saturated carbocycles. The van der Waals surface area contributed by atoms with Crippen molar-refractivity contribution in [2.45, 2.75) is 45.9 Å². The second kappa shape index (κ2) is 12.6. The number of nitrogens with zero attached hydrogens (tertiary/aromatic N) is 2. The molecule has 10 nitrogen and oxygen atoms in total. The van der Waals surface area contributed by atoms with E-state index < -0.39 is 24.0 Å². The molecule has 0 bridgehead atoms. The summed E-state index contributed by atoms with van der Waals surface area (Å²) in [5.41, 5.74) is 0.850. The number of aliphatic hydroxyl groups is 1. The minimum absolute atomic E-state index is 0.0460. The number of aliphatic hydroxyl groups excluding tert-OH is 1. The molecule has 11 heteroatoms. The van der Waals surface area contributed by atoms with E-state index in [1.165, 1.54) is 29.2 Å². The van der Waals surface area contributed by atoms with Crippen LogP contribution in [0.2, 0.25) is 0 Å². The zero-order chi connectivity index (χ0) is 28.0. The first kappa shape index (κ1) is 28.7. The fourth-order valence-corrected chi connectivity index (χ4v) is 4.09. The second-order valence-corrected chi connectivity index (χ2v) is 9.88. The minimum atomic E-state index is -0.610. The van der Waals surface area contributed by atoms with Crippen LogP contribution >= 0.6 is 0 Å². The number of carbonyl (C=O) groups excluding carboxylic acids is 3. The van der Waals surface area contributed by atoms with E-state index in [2.05, 4.69) is 16.0 Å². The lowest BCUT2D eigenvalue weighted by Gasteiger charge is -2.38. The van der Waals surface area contributed by atoms with Crippen molar-refractivity contribution in [1.82, 2.24) is 15.1 Å². The summed E-state index contributed by atoms with van der Waals surface area (Å²) in [6.45, 7) is 7.68. The van der Waals surface area contributed by atoms with Gasteiger partial charge in [0.15, 0.2) is 5.75 Å². The third kappa shape index (κ3) is 7.12. The van der Waals surface area contributed by atoms with E-state index in [0.29, 0.717) is 12.2 Å². The Morgan fingerprint density at radius 3 is 2.47 bits per heavy atom. The van der Waals surface area contributed by atoms with Gasteiger partial charge in [0.25, 0.3) is 5.91 Å². The number of anilines is 2. The topological polar surface area (TPSA) is 123 Å². The van der Waals surface area contributed by atoms with Crippen molar-refractivity contribution in [1.29, 1.82) is 0 Å². The molecule has 0 fully saturated rings. The van der Waals surface area contributed by atoms with Gasteiger partial charge in [0.2, 0.25) is 0 Å². The molecule has 1 aliphatic rings. The molecule has 1 heterocycles. The highest BCUT2D eigenvalue weighted by molar-refractivity contribution is 6.04. The zero-order valence-electron chi connectivity index (χ0n) is 22.3. The van der Waals surface area contributed by atoms with Gasteiger partial charge in [-0.15, -0.1) is 0 Å². The first-order chi connectivity index (χ1) is 18.0. The maximum Gasteiger partial charge on any atom is 0.323 e. The highest BCUT2D eigenvalue weighted by Crippen LogP contribution is 2.35. The normalized spacial score (nSPS) is 18.0. The molecule has 0 unspecified atom stereocenters. The molecule has 38 heavy (non-hydrogen) atoms. The Bertz CT molecular complexity index is 1140. The lowest BCUT2D eigenvalue weighted by molar-refractivity contribution is 0.0368. The van der Waals surface area contributed by atoms with Gasteiger partial charge in [-0.3, -0.25) is 4.79 Å². The van der Waals surface area contributed by atoms with Gasteiger partial charge in [0.1, 0.15) is 11.9 Å². The lowest BCUT2D eigenvalue weighted by atomic mass is 9.99. The van der Waals surface area contributed by atoms with Gasteiger partial charge < -0.3 is 35.6 Å². The number of amides is 5. The molecule has 5 amide bonds. The summed E-state index contributed by atoms with van der Waals surface area (Å²) >= 11 is 0. The van der Waals surface area contributed by atoms with E-state index in [4.69, 9.17) is 4.74 Å². The van der Waals surface area contributed by atoms with Gasteiger partial charge in [-0.25, -0.2) is 14.0 Å². The van der Waals surface area contributed by atoms with E-state index in [1.54, 1.807) is 37.1 Å². The average Bonchev–Trinajstić information content (AvgIpc) is 2.86. The molecule has 4 N–H and O–H groups in total. The van der Waals surface area contributed by atoms with Crippen molar-refractivity contribution >= 4 is 29.3 Å². The summed E-state index contributed by atoms with van der Waals surface area (Å²) in [6, 6.07) is 8.75. The Balaban J connectivity index is 1.95. The predicted molar refractivity (Wildman–Crippen MR) is 143 cm³/mol. The maximum absolute atomic E-state index is 13.6. The number of rotatable bonds is 7. The fourth-order valence-electron chi connectivity index (χ4n) is 4.09. The molecule has 0 saturated heterocycles. The van der Waals surface area contributed by atoms with Crippen molar-refractivity contribution in [2.75, 3.05) is 37.4 Å². The van der Waals surface area contributed by atoms with Gasteiger partial charge >= 0.3 is 12.1 Å². The number of hydrogen-bond acceptors (Lipinski definition) is 5. The van der Waals surface area contributed by atoms with Gasteiger partial charge in [-0.1, -0.05) is 13.0 Å². The number of carbonyl (C=O) groups is 3. The van der Waals surface area contributed by atoms with Gasteiger partial charge in [0, 0.05) is 31.2 Å². The Morgan fingerprint density at radius 1 is 1.16 bits per heavy atom.